The van der Waals surface area contributed by atoms with Crippen LogP contribution in [-0.4, -0.2) is 61.7 Å². The van der Waals surface area contributed by atoms with Crippen LogP contribution in [0.3, 0.4) is 0 Å². The minimum Gasteiger partial charge on any atom is -0.353 e. The minimum absolute atomic E-state index is 0.577. The summed E-state index contributed by atoms with van der Waals surface area (Å²) in [6.07, 6.45) is 5.58. The summed E-state index contributed by atoms with van der Waals surface area (Å²) in [5.74, 6) is 0.985. The molecular formula is C25H29N7. The van der Waals surface area contributed by atoms with E-state index in [9.17, 15) is 0 Å². The van der Waals surface area contributed by atoms with Crippen LogP contribution >= 0.6 is 0 Å². The lowest BCUT2D eigenvalue weighted by atomic mass is 10.1. The standard InChI is InChI=1S/C25H29N7/c1-17(2)30-9-11-31(12-10-30)23-6-5-22-28-24(21-13-18(3)15-26-16-21)25(32(22)29-23)20-7-8-27-19(4)14-20/h5-8,13-17H,9-12H2,1-4H3. The molecule has 1 fully saturated rings. The van der Waals surface area contributed by atoms with Gasteiger partial charge < -0.3 is 4.90 Å². The van der Waals surface area contributed by atoms with Crippen molar-refractivity contribution in [3.05, 3.63) is 60.2 Å². The molecule has 32 heavy (non-hydrogen) atoms. The number of rotatable bonds is 4. The highest BCUT2D eigenvalue weighted by molar-refractivity contribution is 5.81. The van der Waals surface area contributed by atoms with Gasteiger partial charge in [0.15, 0.2) is 5.65 Å². The summed E-state index contributed by atoms with van der Waals surface area (Å²) >= 11 is 0. The van der Waals surface area contributed by atoms with Crippen molar-refractivity contribution < 1.29 is 0 Å². The first-order chi connectivity index (χ1) is 15.5. The second-order valence-corrected chi connectivity index (χ2v) is 8.82. The molecule has 1 saturated heterocycles. The third-order valence-corrected chi connectivity index (χ3v) is 6.15. The molecule has 1 aliphatic heterocycles. The Hall–Kier alpha value is -3.32. The summed E-state index contributed by atoms with van der Waals surface area (Å²) in [4.78, 5) is 18.6. The van der Waals surface area contributed by atoms with Gasteiger partial charge in [-0.25, -0.2) is 9.50 Å². The van der Waals surface area contributed by atoms with Gasteiger partial charge in [-0.2, -0.15) is 0 Å². The summed E-state index contributed by atoms with van der Waals surface area (Å²) < 4.78 is 1.98. The van der Waals surface area contributed by atoms with Crippen molar-refractivity contribution in [3.8, 4) is 22.5 Å². The van der Waals surface area contributed by atoms with E-state index in [1.807, 2.05) is 36.1 Å². The average molecular weight is 428 g/mol. The molecule has 4 aromatic rings. The van der Waals surface area contributed by atoms with E-state index in [1.54, 1.807) is 0 Å². The van der Waals surface area contributed by atoms with Gasteiger partial charge in [0.05, 0.1) is 0 Å². The van der Waals surface area contributed by atoms with Crippen LogP contribution in [0, 0.1) is 13.8 Å². The number of pyridine rings is 2. The van der Waals surface area contributed by atoms with E-state index in [-0.39, 0.29) is 0 Å². The number of anilines is 1. The van der Waals surface area contributed by atoms with Gasteiger partial charge in [-0.1, -0.05) is 0 Å². The molecule has 0 aliphatic carbocycles. The predicted octanol–water partition coefficient (Wildman–Crippen LogP) is 4.00. The van der Waals surface area contributed by atoms with Crippen LogP contribution in [0.15, 0.2) is 48.9 Å². The molecule has 1 aliphatic rings. The van der Waals surface area contributed by atoms with E-state index < -0.39 is 0 Å². The Morgan fingerprint density at radius 3 is 2.44 bits per heavy atom. The lowest BCUT2D eigenvalue weighted by Crippen LogP contribution is -2.49. The molecule has 0 N–H and O–H groups in total. The molecule has 164 valence electrons. The zero-order chi connectivity index (χ0) is 22.2. The highest BCUT2D eigenvalue weighted by Crippen LogP contribution is 2.33. The van der Waals surface area contributed by atoms with Crippen molar-refractivity contribution >= 4 is 11.5 Å². The van der Waals surface area contributed by atoms with Gasteiger partial charge in [-0.3, -0.25) is 14.9 Å². The Morgan fingerprint density at radius 2 is 1.72 bits per heavy atom. The lowest BCUT2D eigenvalue weighted by Gasteiger charge is -2.37. The maximum absolute atomic E-state index is 5.06. The number of fused-ring (bicyclic) bond motifs is 1. The van der Waals surface area contributed by atoms with E-state index in [0.717, 1.165) is 71.4 Å². The molecular weight excluding hydrogens is 398 g/mol. The fourth-order valence-corrected chi connectivity index (χ4v) is 4.40. The first-order valence-electron chi connectivity index (χ1n) is 11.2. The normalized spacial score (nSPS) is 15.1. The predicted molar refractivity (Wildman–Crippen MR) is 128 cm³/mol. The lowest BCUT2D eigenvalue weighted by molar-refractivity contribution is 0.209. The molecule has 0 amide bonds. The molecule has 0 atom stereocenters. The van der Waals surface area contributed by atoms with Crippen molar-refractivity contribution in [3.63, 3.8) is 0 Å². The SMILES string of the molecule is Cc1cncc(-c2nc3ccc(N4CCN(C(C)C)CC4)nn3c2-c2ccnc(C)c2)c1. The quantitative estimate of drug-likeness (QED) is 0.491. The Balaban J connectivity index is 1.63. The van der Waals surface area contributed by atoms with Crippen LogP contribution in [0.1, 0.15) is 25.1 Å². The number of imidazole rings is 1. The number of hydrogen-bond acceptors (Lipinski definition) is 6. The zero-order valence-corrected chi connectivity index (χ0v) is 19.2. The van der Waals surface area contributed by atoms with Gasteiger partial charge in [-0.05, 0) is 63.6 Å². The molecule has 0 saturated carbocycles. The maximum atomic E-state index is 5.06. The summed E-state index contributed by atoms with van der Waals surface area (Å²) in [6, 6.07) is 11.0. The van der Waals surface area contributed by atoms with E-state index in [2.05, 4.69) is 64.8 Å². The fraction of sp³-hybridized carbons (Fsp3) is 0.360. The summed E-state index contributed by atoms with van der Waals surface area (Å²) in [5, 5.41) is 5.06. The van der Waals surface area contributed by atoms with Crippen molar-refractivity contribution in [2.45, 2.75) is 33.7 Å². The number of aryl methyl sites for hydroxylation is 2. The van der Waals surface area contributed by atoms with Crippen LogP contribution in [0.25, 0.3) is 28.2 Å². The summed E-state index contributed by atoms with van der Waals surface area (Å²) in [5.41, 5.74) is 6.81. The van der Waals surface area contributed by atoms with Crippen LogP contribution < -0.4 is 4.90 Å². The van der Waals surface area contributed by atoms with E-state index in [4.69, 9.17) is 10.1 Å². The molecule has 5 rings (SSSR count). The van der Waals surface area contributed by atoms with Gasteiger partial charge in [-0.15, -0.1) is 5.10 Å². The van der Waals surface area contributed by atoms with Gasteiger partial charge in [0.1, 0.15) is 17.2 Å². The van der Waals surface area contributed by atoms with Crippen molar-refractivity contribution in [2.24, 2.45) is 0 Å². The molecule has 4 aromatic heterocycles. The molecule has 0 spiro atoms. The van der Waals surface area contributed by atoms with E-state index in [1.165, 1.54) is 0 Å². The molecule has 0 radical (unpaired) electrons. The average Bonchev–Trinajstić information content (AvgIpc) is 3.18. The largest absolute Gasteiger partial charge is 0.353 e. The number of nitrogens with zero attached hydrogens (tertiary/aromatic N) is 7. The van der Waals surface area contributed by atoms with Gasteiger partial charge in [0.25, 0.3) is 0 Å². The van der Waals surface area contributed by atoms with E-state index in [0.29, 0.717) is 6.04 Å². The van der Waals surface area contributed by atoms with Gasteiger partial charge in [0.2, 0.25) is 0 Å². The molecule has 0 bridgehead atoms. The summed E-state index contributed by atoms with van der Waals surface area (Å²) in [6.45, 7) is 12.6. The van der Waals surface area contributed by atoms with Crippen LogP contribution in [0.2, 0.25) is 0 Å². The van der Waals surface area contributed by atoms with Crippen molar-refractivity contribution in [1.29, 1.82) is 0 Å². The van der Waals surface area contributed by atoms with Gasteiger partial charge in [0, 0.05) is 67.6 Å². The van der Waals surface area contributed by atoms with Gasteiger partial charge >= 0.3 is 0 Å². The number of hydrogen-bond donors (Lipinski definition) is 0. The van der Waals surface area contributed by atoms with E-state index >= 15 is 0 Å². The molecule has 0 aromatic carbocycles. The molecule has 0 unspecified atom stereocenters. The Morgan fingerprint density at radius 1 is 0.906 bits per heavy atom. The summed E-state index contributed by atoms with van der Waals surface area (Å²) in [7, 11) is 0. The Bertz CT molecular complexity index is 1250. The first-order valence-corrected chi connectivity index (χ1v) is 11.2. The monoisotopic (exact) mass is 427 g/mol. The highest BCUT2D eigenvalue weighted by Gasteiger charge is 2.22. The maximum Gasteiger partial charge on any atom is 0.155 e. The number of piperazine rings is 1. The molecule has 5 heterocycles. The van der Waals surface area contributed by atoms with Crippen molar-refractivity contribution in [2.75, 3.05) is 31.1 Å². The molecule has 7 heteroatoms. The number of aromatic nitrogens is 5. The van der Waals surface area contributed by atoms with Crippen LogP contribution in [0.5, 0.6) is 0 Å². The zero-order valence-electron chi connectivity index (χ0n) is 19.2. The second-order valence-electron chi connectivity index (χ2n) is 8.82. The Labute approximate surface area is 188 Å². The van der Waals surface area contributed by atoms with Crippen LogP contribution in [0.4, 0.5) is 5.82 Å². The third-order valence-electron chi connectivity index (χ3n) is 6.15. The highest BCUT2D eigenvalue weighted by atomic mass is 15.4. The first kappa shape index (κ1) is 20.6. The van der Waals surface area contributed by atoms with Crippen molar-refractivity contribution in [1.82, 2.24) is 29.5 Å². The smallest absolute Gasteiger partial charge is 0.155 e. The third kappa shape index (κ3) is 3.84. The topological polar surface area (TPSA) is 62.5 Å². The Kier molecular flexibility index (Phi) is 5.35. The molecule has 7 nitrogen and oxygen atoms in total. The second kappa shape index (κ2) is 8.31. The van der Waals surface area contributed by atoms with Crippen LogP contribution in [-0.2, 0) is 0 Å². The minimum atomic E-state index is 0.577. The fourth-order valence-electron chi connectivity index (χ4n) is 4.40.